The lowest BCUT2D eigenvalue weighted by atomic mass is 9.99. The molecule has 0 bridgehead atoms. The second-order valence-corrected chi connectivity index (χ2v) is 8.95. The van der Waals surface area contributed by atoms with Crippen LogP contribution >= 0.6 is 23.3 Å². The van der Waals surface area contributed by atoms with Crippen LogP contribution in [0.2, 0.25) is 0 Å². The topological polar surface area (TPSA) is 109 Å². The van der Waals surface area contributed by atoms with Crippen LogP contribution in [0, 0.1) is 12.8 Å². The Morgan fingerprint density at radius 1 is 1.23 bits per heavy atom. The van der Waals surface area contributed by atoms with Crippen molar-refractivity contribution in [3.8, 4) is 17.3 Å². The van der Waals surface area contributed by atoms with Gasteiger partial charge in [0.1, 0.15) is 18.3 Å². The number of aryl methyl sites for hydroxylation is 2. The van der Waals surface area contributed by atoms with Crippen molar-refractivity contribution < 1.29 is 14.3 Å². The van der Waals surface area contributed by atoms with Gasteiger partial charge in [0.05, 0.1) is 11.8 Å². The lowest BCUT2D eigenvalue weighted by Gasteiger charge is -2.23. The molecule has 1 N–H and O–H groups in total. The highest BCUT2D eigenvalue weighted by atomic mass is 33.1. The molecule has 1 saturated carbocycles. The Hall–Kier alpha value is -2.31. The molecule has 1 saturated heterocycles. The van der Waals surface area contributed by atoms with Gasteiger partial charge in [-0.15, -0.1) is 23.3 Å². The minimum absolute atomic E-state index is 0.0156. The molecule has 1 amide bonds. The number of imidazole rings is 1. The van der Waals surface area contributed by atoms with Gasteiger partial charge >= 0.3 is 0 Å². The summed E-state index contributed by atoms with van der Waals surface area (Å²) in [7, 11) is 1.95. The van der Waals surface area contributed by atoms with E-state index in [9.17, 15) is 4.79 Å². The number of hydrogen-bond acceptors (Lipinski definition) is 9. The molecule has 4 heterocycles. The third-order valence-corrected chi connectivity index (χ3v) is 6.87. The van der Waals surface area contributed by atoms with E-state index in [0.717, 1.165) is 61.4 Å². The molecule has 0 radical (unpaired) electrons. The number of carbonyl (C=O) groups excluding carboxylic acids is 1. The van der Waals surface area contributed by atoms with E-state index in [1.54, 1.807) is 0 Å². The number of carbonyl (C=O) groups is 1. The first-order valence-electron chi connectivity index (χ1n) is 12.0. The fourth-order valence-electron chi connectivity index (χ4n) is 4.91. The molecule has 35 heavy (non-hydrogen) atoms. The third-order valence-electron chi connectivity index (χ3n) is 6.87. The maximum absolute atomic E-state index is 12.6. The summed E-state index contributed by atoms with van der Waals surface area (Å²) in [6.07, 6.45) is 7.48. The van der Waals surface area contributed by atoms with Crippen LogP contribution in [0.4, 0.5) is 0 Å². The Balaban J connectivity index is 0.00000141. The van der Waals surface area contributed by atoms with Crippen LogP contribution in [0.3, 0.4) is 0 Å². The van der Waals surface area contributed by atoms with Crippen LogP contribution < -0.4 is 10.1 Å². The summed E-state index contributed by atoms with van der Waals surface area (Å²) >= 11 is 6.44. The number of aromatic nitrogens is 6. The highest BCUT2D eigenvalue weighted by Gasteiger charge is 2.31. The van der Waals surface area contributed by atoms with Crippen LogP contribution in [-0.4, -0.2) is 60.6 Å². The first-order valence-corrected chi connectivity index (χ1v) is 13.6. The fourth-order valence-corrected chi connectivity index (χ4v) is 4.91. The molecule has 1 aliphatic carbocycles. The van der Waals surface area contributed by atoms with E-state index in [0.29, 0.717) is 24.6 Å². The molecule has 2 fully saturated rings. The molecule has 12 heteroatoms. The van der Waals surface area contributed by atoms with Gasteiger partial charge < -0.3 is 19.4 Å². The van der Waals surface area contributed by atoms with Gasteiger partial charge in [0.15, 0.2) is 11.2 Å². The molecular weight excluding hydrogens is 486 g/mol. The Labute approximate surface area is 215 Å². The van der Waals surface area contributed by atoms with Crippen LogP contribution in [0.1, 0.15) is 44.7 Å². The summed E-state index contributed by atoms with van der Waals surface area (Å²) in [5.41, 5.74) is 3.40. The monoisotopic (exact) mass is 519 g/mol. The van der Waals surface area contributed by atoms with Gasteiger partial charge in [-0.3, -0.25) is 9.48 Å². The van der Waals surface area contributed by atoms with Crippen molar-refractivity contribution in [3.05, 3.63) is 18.2 Å². The smallest absolute Gasteiger partial charge is 0.245 e. The van der Waals surface area contributed by atoms with E-state index >= 15 is 0 Å². The summed E-state index contributed by atoms with van der Waals surface area (Å²) in [6, 6.07) is 0.129. The SMILES string of the molecule is CCn1ncc(-c2nc3c(OC4CCC(NC(=O)C5CCOCC5)C4)ncnc3n2C)c1C.SS. The van der Waals surface area contributed by atoms with Crippen LogP contribution in [0.25, 0.3) is 22.6 Å². The van der Waals surface area contributed by atoms with Gasteiger partial charge in [0, 0.05) is 50.9 Å². The molecular formula is C23H33N7O3S2. The van der Waals surface area contributed by atoms with Crippen molar-refractivity contribution in [3.63, 3.8) is 0 Å². The van der Waals surface area contributed by atoms with Gasteiger partial charge in [-0.1, -0.05) is 0 Å². The third kappa shape index (κ3) is 5.44. The van der Waals surface area contributed by atoms with E-state index in [1.165, 1.54) is 6.33 Å². The number of nitrogens with one attached hydrogen (secondary N) is 1. The molecule has 2 aliphatic rings. The average molecular weight is 520 g/mol. The number of thiol groups is 2. The van der Waals surface area contributed by atoms with Crippen molar-refractivity contribution in [2.24, 2.45) is 13.0 Å². The lowest BCUT2D eigenvalue weighted by molar-refractivity contribution is -0.128. The predicted octanol–water partition coefficient (Wildman–Crippen LogP) is 3.16. The predicted molar refractivity (Wildman–Crippen MR) is 140 cm³/mol. The Kier molecular flexibility index (Phi) is 8.55. The first kappa shape index (κ1) is 25.8. The van der Waals surface area contributed by atoms with Gasteiger partial charge in [0.2, 0.25) is 11.8 Å². The molecule has 0 spiro atoms. The zero-order valence-corrected chi connectivity index (χ0v) is 22.1. The minimum atomic E-state index is -0.0156. The molecule has 190 valence electrons. The van der Waals surface area contributed by atoms with Gasteiger partial charge in [-0.05, 0) is 39.5 Å². The summed E-state index contributed by atoms with van der Waals surface area (Å²) in [6.45, 7) is 6.25. The van der Waals surface area contributed by atoms with E-state index in [2.05, 4.69) is 50.6 Å². The maximum atomic E-state index is 12.6. The van der Waals surface area contributed by atoms with E-state index in [4.69, 9.17) is 14.5 Å². The lowest BCUT2D eigenvalue weighted by Crippen LogP contribution is -2.40. The number of nitrogens with zero attached hydrogens (tertiary/aromatic N) is 6. The normalized spacial score (nSPS) is 20.5. The van der Waals surface area contributed by atoms with E-state index in [1.807, 2.05) is 29.4 Å². The highest BCUT2D eigenvalue weighted by Crippen LogP contribution is 2.31. The van der Waals surface area contributed by atoms with E-state index < -0.39 is 0 Å². The quantitative estimate of drug-likeness (QED) is 0.339. The molecule has 3 aromatic heterocycles. The molecule has 2 unspecified atom stereocenters. The molecule has 3 aromatic rings. The molecule has 2 atom stereocenters. The Bertz CT molecular complexity index is 1160. The summed E-state index contributed by atoms with van der Waals surface area (Å²) < 4.78 is 15.6. The minimum Gasteiger partial charge on any atom is -0.473 e. The van der Waals surface area contributed by atoms with Crippen molar-refractivity contribution >= 4 is 40.4 Å². The number of amides is 1. The van der Waals surface area contributed by atoms with Crippen LogP contribution in [0.5, 0.6) is 5.88 Å². The standard InChI is InChI=1S/C23H31N7O3.H2S2/c1-4-30-14(2)18(12-26-30)20-28-19-21(29(20)3)24-13-25-23(19)33-17-6-5-16(11-17)27-22(31)15-7-9-32-10-8-15;1-2/h12-13,15-17H,4-11H2,1-3H3,(H,27,31);1-2H. The van der Waals surface area contributed by atoms with Gasteiger partial charge in [-0.2, -0.15) is 10.1 Å². The average Bonchev–Trinajstić information content (AvgIpc) is 3.58. The summed E-state index contributed by atoms with van der Waals surface area (Å²) in [5.74, 6) is 1.49. The number of rotatable bonds is 6. The Morgan fingerprint density at radius 2 is 2.00 bits per heavy atom. The van der Waals surface area contributed by atoms with E-state index in [-0.39, 0.29) is 24.0 Å². The van der Waals surface area contributed by atoms with Crippen molar-refractivity contribution in [2.75, 3.05) is 13.2 Å². The van der Waals surface area contributed by atoms with Crippen molar-refractivity contribution in [1.82, 2.24) is 34.6 Å². The Morgan fingerprint density at radius 3 is 2.71 bits per heavy atom. The molecule has 0 aromatic carbocycles. The molecule has 1 aliphatic heterocycles. The zero-order valence-electron chi connectivity index (χ0n) is 20.3. The number of ether oxygens (including phenoxy) is 2. The second-order valence-electron chi connectivity index (χ2n) is 8.95. The van der Waals surface area contributed by atoms with Gasteiger partial charge in [0.25, 0.3) is 0 Å². The number of fused-ring (bicyclic) bond motifs is 1. The first-order chi connectivity index (χ1) is 17.0. The van der Waals surface area contributed by atoms with Crippen LogP contribution in [0.15, 0.2) is 12.5 Å². The molecule has 10 nitrogen and oxygen atoms in total. The second kappa shape index (κ2) is 11.6. The zero-order chi connectivity index (χ0) is 24.9. The van der Waals surface area contributed by atoms with Gasteiger partial charge in [-0.25, -0.2) is 9.97 Å². The largest absolute Gasteiger partial charge is 0.473 e. The van der Waals surface area contributed by atoms with Crippen molar-refractivity contribution in [1.29, 1.82) is 0 Å². The number of hydrogen-bond donors (Lipinski definition) is 3. The molecule has 5 rings (SSSR count). The maximum Gasteiger partial charge on any atom is 0.245 e. The highest BCUT2D eigenvalue weighted by molar-refractivity contribution is 8.59. The fraction of sp³-hybridized carbons (Fsp3) is 0.609. The summed E-state index contributed by atoms with van der Waals surface area (Å²) in [4.78, 5) is 26.2. The summed E-state index contributed by atoms with van der Waals surface area (Å²) in [5, 5.41) is 7.66. The van der Waals surface area contributed by atoms with Crippen molar-refractivity contribution in [2.45, 2.75) is 64.6 Å². The van der Waals surface area contributed by atoms with Crippen LogP contribution in [-0.2, 0) is 23.1 Å².